The molecule has 0 spiro atoms. The topological polar surface area (TPSA) is 50.4 Å². The summed E-state index contributed by atoms with van der Waals surface area (Å²) < 4.78 is 5.37. The molecule has 2 aliphatic rings. The zero-order valence-electron chi connectivity index (χ0n) is 22.9. The number of ether oxygens (including phenoxy) is 1. The Hall–Kier alpha value is -3.27. The molecule has 3 atom stereocenters. The molecule has 5 rings (SSSR count). The number of fused-ring (bicyclic) bond motifs is 3. The molecule has 0 aromatic heterocycles. The van der Waals surface area contributed by atoms with Crippen molar-refractivity contribution in [3.8, 4) is 0 Å². The van der Waals surface area contributed by atoms with Crippen molar-refractivity contribution in [3.05, 3.63) is 83.4 Å². The molecule has 4 nitrogen and oxygen atoms in total. The Morgan fingerprint density at radius 2 is 1.57 bits per heavy atom. The number of anilines is 4. The first-order valence-corrected chi connectivity index (χ1v) is 13.7. The molecule has 2 N–H and O–H groups in total. The standard InChI is InChI=1S/C33H40N2O2/c1-22(2)29-27(34-23-13-8-6-9-14-23)21-26-25(30(29)35-24-15-10-7-11-16-24)17-18-28-32(26,3)19-12-20-33(28,4)31(36)37-5/h6-11,13-16,21-22,28,34-35H,12,17-20H2,1-5H3/t28-,32-,33-/m1/s1. The third kappa shape index (κ3) is 4.41. The molecule has 3 aromatic rings. The van der Waals surface area contributed by atoms with Gasteiger partial charge in [-0.15, -0.1) is 0 Å². The number of rotatable bonds is 6. The lowest BCUT2D eigenvalue weighted by Gasteiger charge is -2.54. The molecule has 0 heterocycles. The van der Waals surface area contributed by atoms with E-state index in [4.69, 9.17) is 4.74 Å². The summed E-state index contributed by atoms with van der Waals surface area (Å²) in [6.07, 6.45) is 4.93. The molecule has 1 saturated carbocycles. The van der Waals surface area contributed by atoms with Gasteiger partial charge in [-0.25, -0.2) is 0 Å². The van der Waals surface area contributed by atoms with Gasteiger partial charge in [0, 0.05) is 28.3 Å². The molecule has 0 bridgehead atoms. The minimum Gasteiger partial charge on any atom is -0.469 e. The van der Waals surface area contributed by atoms with Crippen molar-refractivity contribution in [2.45, 2.75) is 71.1 Å². The van der Waals surface area contributed by atoms with E-state index in [0.29, 0.717) is 5.92 Å². The summed E-state index contributed by atoms with van der Waals surface area (Å²) in [6, 6.07) is 23.3. The van der Waals surface area contributed by atoms with Gasteiger partial charge >= 0.3 is 5.97 Å². The molecule has 37 heavy (non-hydrogen) atoms. The Bertz CT molecular complexity index is 1270. The first-order valence-electron chi connectivity index (χ1n) is 13.7. The van der Waals surface area contributed by atoms with Crippen LogP contribution in [0.15, 0.2) is 66.7 Å². The number of hydrogen-bond acceptors (Lipinski definition) is 4. The Morgan fingerprint density at radius 3 is 2.16 bits per heavy atom. The zero-order valence-corrected chi connectivity index (χ0v) is 22.9. The average molecular weight is 497 g/mol. The Kier molecular flexibility index (Phi) is 6.78. The summed E-state index contributed by atoms with van der Waals surface area (Å²) in [5, 5.41) is 7.61. The van der Waals surface area contributed by atoms with Crippen molar-refractivity contribution in [2.75, 3.05) is 17.7 Å². The van der Waals surface area contributed by atoms with E-state index in [9.17, 15) is 4.79 Å². The van der Waals surface area contributed by atoms with Gasteiger partial charge in [0.15, 0.2) is 0 Å². The van der Waals surface area contributed by atoms with E-state index in [0.717, 1.165) is 49.2 Å². The molecule has 0 amide bonds. The largest absolute Gasteiger partial charge is 0.469 e. The maximum atomic E-state index is 13.1. The van der Waals surface area contributed by atoms with Gasteiger partial charge in [0.05, 0.1) is 12.5 Å². The van der Waals surface area contributed by atoms with Crippen LogP contribution in [0, 0.1) is 11.3 Å². The number of carbonyl (C=O) groups excluding carboxylic acids is 1. The second-order valence-electron chi connectivity index (χ2n) is 11.6. The first-order chi connectivity index (χ1) is 17.8. The highest BCUT2D eigenvalue weighted by Crippen LogP contribution is 2.59. The van der Waals surface area contributed by atoms with Gasteiger partial charge in [-0.1, -0.05) is 63.6 Å². The molecular formula is C33H40N2O2. The van der Waals surface area contributed by atoms with Crippen molar-refractivity contribution < 1.29 is 9.53 Å². The van der Waals surface area contributed by atoms with Gasteiger partial charge in [-0.2, -0.15) is 0 Å². The van der Waals surface area contributed by atoms with Crippen molar-refractivity contribution >= 4 is 28.7 Å². The van der Waals surface area contributed by atoms with Gasteiger partial charge in [0.1, 0.15) is 0 Å². The number of para-hydroxylation sites is 2. The van der Waals surface area contributed by atoms with Crippen LogP contribution in [0.3, 0.4) is 0 Å². The van der Waals surface area contributed by atoms with Crippen LogP contribution >= 0.6 is 0 Å². The lowest BCUT2D eigenvalue weighted by atomic mass is 9.49. The molecule has 1 fully saturated rings. The molecule has 0 saturated heterocycles. The highest BCUT2D eigenvalue weighted by atomic mass is 16.5. The number of carbonyl (C=O) groups is 1. The van der Waals surface area contributed by atoms with E-state index in [1.54, 1.807) is 0 Å². The monoisotopic (exact) mass is 496 g/mol. The van der Waals surface area contributed by atoms with Crippen molar-refractivity contribution in [1.82, 2.24) is 0 Å². The van der Waals surface area contributed by atoms with Crippen LogP contribution < -0.4 is 10.6 Å². The second kappa shape index (κ2) is 9.89. The number of benzene rings is 3. The third-order valence-corrected chi connectivity index (χ3v) is 9.03. The van der Waals surface area contributed by atoms with Gasteiger partial charge in [0.25, 0.3) is 0 Å². The normalized spacial score (nSPS) is 24.6. The van der Waals surface area contributed by atoms with Crippen molar-refractivity contribution in [3.63, 3.8) is 0 Å². The van der Waals surface area contributed by atoms with Gasteiger partial charge in [-0.05, 0) is 91.3 Å². The van der Waals surface area contributed by atoms with E-state index < -0.39 is 5.41 Å². The lowest BCUT2D eigenvalue weighted by molar-refractivity contribution is -0.161. The van der Waals surface area contributed by atoms with Crippen LogP contribution in [0.5, 0.6) is 0 Å². The number of hydrogen-bond donors (Lipinski definition) is 2. The lowest BCUT2D eigenvalue weighted by Crippen LogP contribution is -2.52. The number of nitrogens with one attached hydrogen (secondary N) is 2. The van der Waals surface area contributed by atoms with E-state index in [1.807, 2.05) is 6.07 Å². The molecule has 3 aromatic carbocycles. The fourth-order valence-corrected chi connectivity index (χ4v) is 7.30. The summed E-state index contributed by atoms with van der Waals surface area (Å²) >= 11 is 0. The molecule has 0 aliphatic heterocycles. The predicted molar refractivity (Wildman–Crippen MR) is 153 cm³/mol. The Labute approximate surface area is 221 Å². The summed E-state index contributed by atoms with van der Waals surface area (Å²) in [4.78, 5) is 13.1. The summed E-state index contributed by atoms with van der Waals surface area (Å²) in [5.74, 6) is 0.503. The van der Waals surface area contributed by atoms with Crippen LogP contribution in [-0.4, -0.2) is 13.1 Å². The van der Waals surface area contributed by atoms with Crippen molar-refractivity contribution in [1.29, 1.82) is 0 Å². The van der Waals surface area contributed by atoms with Crippen molar-refractivity contribution in [2.24, 2.45) is 11.3 Å². The summed E-state index contributed by atoms with van der Waals surface area (Å²) in [5.41, 5.74) is 8.06. The van der Waals surface area contributed by atoms with Crippen LogP contribution in [0.1, 0.15) is 76.0 Å². The van der Waals surface area contributed by atoms with E-state index in [-0.39, 0.29) is 17.3 Å². The summed E-state index contributed by atoms with van der Waals surface area (Å²) in [6.45, 7) is 9.08. The summed E-state index contributed by atoms with van der Waals surface area (Å²) in [7, 11) is 1.54. The predicted octanol–water partition coefficient (Wildman–Crippen LogP) is 8.48. The Morgan fingerprint density at radius 1 is 0.946 bits per heavy atom. The van der Waals surface area contributed by atoms with E-state index in [2.05, 4.69) is 99.0 Å². The fraction of sp³-hybridized carbons (Fsp3) is 0.424. The smallest absolute Gasteiger partial charge is 0.311 e. The molecule has 194 valence electrons. The SMILES string of the molecule is COC(=O)[C@]1(C)CCC[C@]2(C)c3cc(Nc4ccccc4)c(C(C)C)c(Nc4ccccc4)c3CC[C@@H]12. The quantitative estimate of drug-likeness (QED) is 0.336. The third-order valence-electron chi connectivity index (χ3n) is 9.03. The molecular weight excluding hydrogens is 456 g/mol. The number of methoxy groups -OCH3 is 1. The van der Waals surface area contributed by atoms with Crippen LogP contribution in [-0.2, 0) is 21.4 Å². The molecule has 0 unspecified atom stereocenters. The highest BCUT2D eigenvalue weighted by molar-refractivity contribution is 5.81. The van der Waals surface area contributed by atoms with Gasteiger partial charge < -0.3 is 15.4 Å². The average Bonchev–Trinajstić information content (AvgIpc) is 2.89. The first kappa shape index (κ1) is 25.4. The minimum atomic E-state index is -0.462. The molecule has 0 radical (unpaired) electrons. The van der Waals surface area contributed by atoms with E-state index >= 15 is 0 Å². The van der Waals surface area contributed by atoms with Gasteiger partial charge in [0.2, 0.25) is 0 Å². The molecule has 2 aliphatic carbocycles. The maximum absolute atomic E-state index is 13.1. The number of esters is 1. The minimum absolute atomic E-state index is 0.0593. The van der Waals surface area contributed by atoms with Crippen LogP contribution in [0.25, 0.3) is 0 Å². The second-order valence-corrected chi connectivity index (χ2v) is 11.6. The zero-order chi connectivity index (χ0) is 26.2. The van der Waals surface area contributed by atoms with Crippen LogP contribution in [0.4, 0.5) is 22.7 Å². The van der Waals surface area contributed by atoms with Gasteiger partial charge in [-0.3, -0.25) is 4.79 Å². The maximum Gasteiger partial charge on any atom is 0.311 e. The fourth-order valence-electron chi connectivity index (χ4n) is 7.30. The van der Waals surface area contributed by atoms with Crippen LogP contribution in [0.2, 0.25) is 0 Å². The molecule has 4 heteroatoms. The Balaban J connectivity index is 1.72. The highest BCUT2D eigenvalue weighted by Gasteiger charge is 2.56. The van der Waals surface area contributed by atoms with E-state index in [1.165, 1.54) is 29.5 Å².